The van der Waals surface area contributed by atoms with Crippen LogP contribution in [0.15, 0.2) is 72.8 Å². The number of ether oxygens (including phenoxy) is 2. The van der Waals surface area contributed by atoms with Crippen molar-refractivity contribution in [3.63, 3.8) is 0 Å². The first-order chi connectivity index (χ1) is 17.4. The lowest BCUT2D eigenvalue weighted by molar-refractivity contribution is 0.0912. The van der Waals surface area contributed by atoms with E-state index in [9.17, 15) is 4.79 Å². The second kappa shape index (κ2) is 8.23. The number of aromatic nitrogens is 2. The van der Waals surface area contributed by atoms with E-state index >= 15 is 0 Å². The number of methoxy groups -OCH3 is 2. The van der Waals surface area contributed by atoms with Gasteiger partial charge in [0, 0.05) is 39.6 Å². The summed E-state index contributed by atoms with van der Waals surface area (Å²) in [6, 6.07) is 24.4. The average Bonchev–Trinajstić information content (AvgIpc) is 3.29. The fraction of sp³-hybridized carbons (Fsp3) is 0.226. The van der Waals surface area contributed by atoms with Crippen LogP contribution in [-0.4, -0.2) is 29.4 Å². The first-order valence-corrected chi connectivity index (χ1v) is 12.2. The van der Waals surface area contributed by atoms with Crippen molar-refractivity contribution in [2.24, 2.45) is 5.41 Å². The summed E-state index contributed by atoms with van der Waals surface area (Å²) in [6.07, 6.45) is 1.26. The zero-order valence-corrected chi connectivity index (χ0v) is 21.0. The van der Waals surface area contributed by atoms with E-state index in [2.05, 4.69) is 42.5 Å². The molecular formula is C31H28N2O3. The van der Waals surface area contributed by atoms with E-state index in [1.165, 1.54) is 0 Å². The summed E-state index contributed by atoms with van der Waals surface area (Å²) < 4.78 is 13.5. The summed E-state index contributed by atoms with van der Waals surface area (Å²) in [5.41, 5.74) is 6.38. The lowest BCUT2D eigenvalue weighted by Crippen LogP contribution is -2.29. The summed E-state index contributed by atoms with van der Waals surface area (Å²) >= 11 is 0. The van der Waals surface area contributed by atoms with Crippen molar-refractivity contribution >= 4 is 22.2 Å². The molecule has 3 aromatic carbocycles. The minimum atomic E-state index is -0.160. The molecule has 36 heavy (non-hydrogen) atoms. The Labute approximate surface area is 210 Å². The summed E-state index contributed by atoms with van der Waals surface area (Å²) in [5, 5.41) is 1.73. The number of Topliss-reactive ketones (excluding diaryl/α,β-unsaturated/α-hetero) is 1. The van der Waals surface area contributed by atoms with E-state index in [1.807, 2.05) is 48.5 Å². The maximum absolute atomic E-state index is 13.7. The van der Waals surface area contributed by atoms with Gasteiger partial charge in [0.1, 0.15) is 5.65 Å². The number of fused-ring (bicyclic) bond motifs is 6. The Bertz CT molecular complexity index is 1630. The minimum Gasteiger partial charge on any atom is -0.493 e. The number of ketones is 1. The fourth-order valence-electron chi connectivity index (χ4n) is 5.58. The maximum atomic E-state index is 13.7. The molecule has 5 nitrogen and oxygen atoms in total. The molecule has 2 heterocycles. The van der Waals surface area contributed by atoms with E-state index in [1.54, 1.807) is 14.2 Å². The highest BCUT2D eigenvalue weighted by atomic mass is 16.5. The Morgan fingerprint density at radius 3 is 2.00 bits per heavy atom. The number of benzene rings is 3. The molecule has 0 unspecified atom stereocenters. The van der Waals surface area contributed by atoms with Gasteiger partial charge in [-0.25, -0.2) is 4.98 Å². The molecule has 1 aliphatic carbocycles. The lowest BCUT2D eigenvalue weighted by atomic mass is 9.74. The number of imidazole rings is 1. The first kappa shape index (κ1) is 22.4. The topological polar surface area (TPSA) is 52.8 Å². The van der Waals surface area contributed by atoms with Gasteiger partial charge in [-0.1, -0.05) is 74.5 Å². The first-order valence-electron chi connectivity index (χ1n) is 12.2. The van der Waals surface area contributed by atoms with E-state index in [-0.39, 0.29) is 11.2 Å². The second-order valence-corrected chi connectivity index (χ2v) is 10.2. The molecule has 0 radical (unpaired) electrons. The normalized spacial score (nSPS) is 14.7. The van der Waals surface area contributed by atoms with Gasteiger partial charge in [-0.15, -0.1) is 0 Å². The van der Waals surface area contributed by atoms with E-state index < -0.39 is 0 Å². The largest absolute Gasteiger partial charge is 0.493 e. The molecule has 2 aromatic heterocycles. The number of carbonyl (C=O) groups excluding carboxylic acids is 1. The van der Waals surface area contributed by atoms with Crippen molar-refractivity contribution in [2.75, 3.05) is 14.2 Å². The molecule has 180 valence electrons. The van der Waals surface area contributed by atoms with Crippen LogP contribution in [-0.2, 0) is 6.42 Å². The smallest absolute Gasteiger partial charge is 0.165 e. The van der Waals surface area contributed by atoms with Gasteiger partial charge in [0.25, 0.3) is 0 Å². The van der Waals surface area contributed by atoms with Crippen molar-refractivity contribution in [3.05, 3.63) is 84.1 Å². The molecular weight excluding hydrogens is 448 g/mol. The number of hydrogen-bond acceptors (Lipinski definition) is 4. The molecule has 5 heteroatoms. The standard InChI is InChI=1S/C31H28N2O3/c1-31(2)17-23-27(24(34)18-31)21-15-25(35-3)26(36-4)16-22(21)30-32-28(19-11-7-5-8-12-19)29(33(23)30)20-13-9-6-10-14-20/h5-16H,17-18H2,1-4H3. The van der Waals surface area contributed by atoms with Crippen molar-refractivity contribution in [2.45, 2.75) is 26.7 Å². The highest BCUT2D eigenvalue weighted by molar-refractivity contribution is 6.14. The Morgan fingerprint density at radius 2 is 1.39 bits per heavy atom. The van der Waals surface area contributed by atoms with Crippen LogP contribution in [0.25, 0.3) is 38.9 Å². The van der Waals surface area contributed by atoms with Crippen LogP contribution < -0.4 is 9.47 Å². The van der Waals surface area contributed by atoms with E-state index in [0.717, 1.165) is 56.6 Å². The van der Waals surface area contributed by atoms with Gasteiger partial charge in [-0.05, 0) is 24.0 Å². The Kier molecular flexibility index (Phi) is 5.11. The highest BCUT2D eigenvalue weighted by Gasteiger charge is 2.36. The number of hydrogen-bond donors (Lipinski definition) is 0. The summed E-state index contributed by atoms with van der Waals surface area (Å²) in [5.74, 6) is 1.36. The van der Waals surface area contributed by atoms with Crippen LogP contribution in [0, 0.1) is 5.41 Å². The zero-order chi connectivity index (χ0) is 25.0. The summed E-state index contributed by atoms with van der Waals surface area (Å²) in [4.78, 5) is 19.0. The molecule has 0 saturated carbocycles. The molecule has 0 atom stereocenters. The maximum Gasteiger partial charge on any atom is 0.165 e. The third-order valence-electron chi connectivity index (χ3n) is 7.13. The average molecular weight is 477 g/mol. The molecule has 0 aliphatic heterocycles. The molecule has 0 N–H and O–H groups in total. The Hall–Kier alpha value is -4.12. The SMILES string of the molecule is COc1cc2c3c(n4c(-c5ccccc5)c(-c5ccccc5)nc4c2cc1OC)CC(C)(C)CC3=O. The third-order valence-corrected chi connectivity index (χ3v) is 7.13. The molecule has 1 aliphatic rings. The Balaban J connectivity index is 1.86. The molecule has 0 spiro atoms. The lowest BCUT2D eigenvalue weighted by Gasteiger charge is -2.32. The van der Waals surface area contributed by atoms with Crippen LogP contribution in [0.4, 0.5) is 0 Å². The predicted molar refractivity (Wildman–Crippen MR) is 143 cm³/mol. The molecule has 6 rings (SSSR count). The zero-order valence-electron chi connectivity index (χ0n) is 21.0. The van der Waals surface area contributed by atoms with Gasteiger partial charge in [-0.2, -0.15) is 0 Å². The molecule has 0 fully saturated rings. The number of carbonyl (C=O) groups is 1. The predicted octanol–water partition coefficient (Wildman–Crippen LogP) is 6.99. The minimum absolute atomic E-state index is 0.148. The van der Waals surface area contributed by atoms with Gasteiger partial charge in [-0.3, -0.25) is 9.20 Å². The van der Waals surface area contributed by atoms with Gasteiger partial charge < -0.3 is 9.47 Å². The number of rotatable bonds is 4. The van der Waals surface area contributed by atoms with E-state index in [0.29, 0.717) is 17.9 Å². The van der Waals surface area contributed by atoms with Crippen molar-refractivity contribution in [1.29, 1.82) is 0 Å². The number of nitrogens with zero attached hydrogens (tertiary/aromatic N) is 2. The molecule has 0 bridgehead atoms. The van der Waals surface area contributed by atoms with Crippen molar-refractivity contribution in [3.8, 4) is 34.0 Å². The number of pyridine rings is 1. The molecule has 0 amide bonds. The van der Waals surface area contributed by atoms with Crippen LogP contribution in [0.3, 0.4) is 0 Å². The van der Waals surface area contributed by atoms with Crippen LogP contribution >= 0.6 is 0 Å². The van der Waals surface area contributed by atoms with Gasteiger partial charge in [0.15, 0.2) is 17.3 Å². The molecule has 5 aromatic rings. The van der Waals surface area contributed by atoms with Gasteiger partial charge in [0.05, 0.1) is 25.6 Å². The monoisotopic (exact) mass is 476 g/mol. The van der Waals surface area contributed by atoms with Crippen LogP contribution in [0.1, 0.15) is 36.3 Å². The summed E-state index contributed by atoms with van der Waals surface area (Å²) in [6.45, 7) is 4.32. The van der Waals surface area contributed by atoms with Crippen LogP contribution in [0.2, 0.25) is 0 Å². The van der Waals surface area contributed by atoms with E-state index in [4.69, 9.17) is 14.5 Å². The van der Waals surface area contributed by atoms with Crippen molar-refractivity contribution in [1.82, 2.24) is 9.38 Å². The molecule has 0 saturated heterocycles. The van der Waals surface area contributed by atoms with Crippen molar-refractivity contribution < 1.29 is 14.3 Å². The fourth-order valence-corrected chi connectivity index (χ4v) is 5.58. The van der Waals surface area contributed by atoms with Gasteiger partial charge in [0.2, 0.25) is 0 Å². The highest BCUT2D eigenvalue weighted by Crippen LogP contribution is 2.45. The second-order valence-electron chi connectivity index (χ2n) is 10.2. The Morgan fingerprint density at radius 1 is 0.806 bits per heavy atom. The van der Waals surface area contributed by atoms with Crippen LogP contribution in [0.5, 0.6) is 11.5 Å². The quantitative estimate of drug-likeness (QED) is 0.280. The summed E-state index contributed by atoms with van der Waals surface area (Å²) in [7, 11) is 3.25. The third kappa shape index (κ3) is 3.38. The van der Waals surface area contributed by atoms with Gasteiger partial charge >= 0.3 is 0 Å².